The average Bonchev–Trinajstić information content (AvgIpc) is 3.29. The largest absolute Gasteiger partial charge is 0.477 e. The number of hydrogen-bond donors (Lipinski definition) is 3. The lowest BCUT2D eigenvalue weighted by Crippen LogP contribution is -2.73. The molecule has 0 saturated carbocycles. The van der Waals surface area contributed by atoms with Crippen molar-refractivity contribution in [3.8, 4) is 0 Å². The highest BCUT2D eigenvalue weighted by Crippen LogP contribution is 2.41. The van der Waals surface area contributed by atoms with Crippen molar-refractivity contribution in [3.63, 3.8) is 0 Å². The Hall–Kier alpha value is -2.75. The van der Waals surface area contributed by atoms with Gasteiger partial charge in [0.15, 0.2) is 10.8 Å². The number of thiazole rings is 1. The van der Waals surface area contributed by atoms with Crippen LogP contribution in [0.1, 0.15) is 5.69 Å². The molecule has 0 aliphatic carbocycles. The molecule has 0 aromatic carbocycles. The van der Waals surface area contributed by atoms with Gasteiger partial charge in [0.1, 0.15) is 31.6 Å². The second-order valence-electron chi connectivity index (χ2n) is 7.56. The number of pyridine rings is 1. The summed E-state index contributed by atoms with van der Waals surface area (Å²) in [4.78, 5) is 48.7. The zero-order chi connectivity index (χ0) is 26.0. The topological polar surface area (TPSA) is 151 Å². The third kappa shape index (κ3) is 5.05. The van der Waals surface area contributed by atoms with Crippen molar-refractivity contribution in [2.24, 2.45) is 12.2 Å². The summed E-state index contributed by atoms with van der Waals surface area (Å²) < 4.78 is 2.04. The number of β-lactam (4-membered cyclic amide) rings is 1. The summed E-state index contributed by atoms with van der Waals surface area (Å²) in [6, 6.07) is 4.56. The molecule has 0 unspecified atom stereocenters. The van der Waals surface area contributed by atoms with Crippen LogP contribution in [-0.2, 0) is 26.3 Å². The molecule has 2 atom stereocenters. The Bertz CT molecular complexity index is 1280. The zero-order valence-electron chi connectivity index (χ0n) is 19.5. The van der Waals surface area contributed by atoms with Gasteiger partial charge in [0, 0.05) is 33.9 Å². The predicted octanol–water partition coefficient (Wildman–Crippen LogP) is 1.15. The SMILES string of the molecule is CON=C(C(=O)N[C@@H]1C(=O)N2C(C(=O)O)=C(CSc3cccc(SC)[n+]3C)SC[C@H]12)c1csc(N)n1. The number of carbonyl (C=O) groups excluding carboxylic acids is 2. The molecule has 0 bridgehead atoms. The number of aromatic nitrogens is 2. The van der Waals surface area contributed by atoms with E-state index in [0.29, 0.717) is 16.4 Å². The van der Waals surface area contributed by atoms with E-state index in [1.54, 1.807) is 17.1 Å². The zero-order valence-corrected chi connectivity index (χ0v) is 22.7. The van der Waals surface area contributed by atoms with E-state index < -0.39 is 29.9 Å². The number of carbonyl (C=O) groups is 3. The molecule has 15 heteroatoms. The summed E-state index contributed by atoms with van der Waals surface area (Å²) in [5.41, 5.74) is 5.72. The molecular weight excluding hydrogens is 545 g/mol. The fraction of sp³-hybridized carbons (Fsp3) is 0.333. The molecule has 36 heavy (non-hydrogen) atoms. The summed E-state index contributed by atoms with van der Waals surface area (Å²) in [6.45, 7) is 0. The van der Waals surface area contributed by atoms with Crippen molar-refractivity contribution in [3.05, 3.63) is 39.9 Å². The minimum Gasteiger partial charge on any atom is -0.477 e. The van der Waals surface area contributed by atoms with E-state index in [4.69, 9.17) is 10.6 Å². The molecule has 2 amide bonds. The molecule has 4 heterocycles. The quantitative estimate of drug-likeness (QED) is 0.132. The Balaban J connectivity index is 1.50. The average molecular weight is 568 g/mol. The molecule has 2 aliphatic heterocycles. The van der Waals surface area contributed by atoms with Crippen LogP contribution in [0, 0.1) is 0 Å². The van der Waals surface area contributed by atoms with Gasteiger partial charge in [-0.05, 0) is 12.3 Å². The van der Waals surface area contributed by atoms with Crippen molar-refractivity contribution in [1.82, 2.24) is 15.2 Å². The van der Waals surface area contributed by atoms with Gasteiger partial charge >= 0.3 is 5.97 Å². The van der Waals surface area contributed by atoms with Crippen molar-refractivity contribution < 1.29 is 28.9 Å². The second kappa shape index (κ2) is 11.1. The highest BCUT2D eigenvalue weighted by atomic mass is 32.2. The summed E-state index contributed by atoms with van der Waals surface area (Å²) in [5.74, 6) is -1.48. The van der Waals surface area contributed by atoms with E-state index in [1.165, 1.54) is 35.5 Å². The molecule has 1 fully saturated rings. The fourth-order valence-electron chi connectivity index (χ4n) is 3.81. The number of nitrogen functional groups attached to an aromatic ring is 1. The number of thioether (sulfide) groups is 3. The van der Waals surface area contributed by atoms with Crippen LogP contribution in [0.2, 0.25) is 0 Å². The Morgan fingerprint density at radius 2 is 2.17 bits per heavy atom. The van der Waals surface area contributed by atoms with Crippen LogP contribution in [0.4, 0.5) is 5.13 Å². The Morgan fingerprint density at radius 3 is 2.81 bits per heavy atom. The maximum atomic E-state index is 13.0. The normalized spacial score (nSPS) is 19.6. The van der Waals surface area contributed by atoms with Gasteiger partial charge < -0.3 is 21.0 Å². The van der Waals surface area contributed by atoms with E-state index in [0.717, 1.165) is 21.4 Å². The lowest BCUT2D eigenvalue weighted by Gasteiger charge is -2.49. The van der Waals surface area contributed by atoms with Crippen LogP contribution < -0.4 is 15.6 Å². The number of carboxylic acid groups (broad SMARTS) is 1. The van der Waals surface area contributed by atoms with Gasteiger partial charge in [-0.15, -0.1) is 23.1 Å². The first-order chi connectivity index (χ1) is 17.3. The standard InChI is InChI=1S/C21H22N6O5S4/c1-26-13(33-3)5-4-6-14(26)35-9-12-17(20(30)31)27-11(8-34-12)16(19(27)29)24-18(28)15(25-32-2)10-7-36-21(22)23-10/h4-7,11,16H,8-9H2,1-3H3,(H3-,22,23,24,28,30,31)/p+1/t11-,16+/m1/s1. The molecule has 4 N–H and O–H groups in total. The van der Waals surface area contributed by atoms with E-state index in [2.05, 4.69) is 15.5 Å². The number of oxime groups is 1. The first-order valence-corrected chi connectivity index (χ1v) is 14.6. The van der Waals surface area contributed by atoms with Crippen LogP contribution in [0.5, 0.6) is 0 Å². The highest BCUT2D eigenvalue weighted by molar-refractivity contribution is 8.06. The first kappa shape index (κ1) is 26.3. The highest BCUT2D eigenvalue weighted by Gasteiger charge is 2.54. The van der Waals surface area contributed by atoms with Crippen LogP contribution in [0.15, 0.2) is 49.4 Å². The summed E-state index contributed by atoms with van der Waals surface area (Å²) >= 11 is 5.65. The molecule has 0 radical (unpaired) electrons. The number of nitrogens with two attached hydrogens (primary N) is 1. The second-order valence-corrected chi connectivity index (χ2v) is 11.4. The van der Waals surface area contributed by atoms with E-state index in [1.807, 2.05) is 36.1 Å². The third-order valence-corrected chi connectivity index (χ3v) is 9.52. The number of nitrogens with one attached hydrogen (secondary N) is 1. The van der Waals surface area contributed by atoms with Crippen LogP contribution in [0.3, 0.4) is 0 Å². The molecule has 2 aromatic rings. The molecule has 1 saturated heterocycles. The maximum absolute atomic E-state index is 13.0. The number of aliphatic carboxylic acids is 1. The minimum absolute atomic E-state index is 0.0408. The van der Waals surface area contributed by atoms with Crippen molar-refractivity contribution >= 4 is 75.2 Å². The lowest BCUT2D eigenvalue weighted by atomic mass is 9.94. The van der Waals surface area contributed by atoms with Crippen LogP contribution >= 0.6 is 46.6 Å². The Morgan fingerprint density at radius 1 is 1.42 bits per heavy atom. The van der Waals surface area contributed by atoms with Crippen LogP contribution in [0.25, 0.3) is 0 Å². The summed E-state index contributed by atoms with van der Waals surface area (Å²) in [5, 5.41) is 20.2. The maximum Gasteiger partial charge on any atom is 0.353 e. The van der Waals surface area contributed by atoms with Gasteiger partial charge in [0.05, 0.1) is 6.04 Å². The number of fused-ring (bicyclic) bond motifs is 1. The molecule has 11 nitrogen and oxygen atoms in total. The van der Waals surface area contributed by atoms with Crippen molar-refractivity contribution in [2.45, 2.75) is 22.1 Å². The molecular formula is C21H23N6O5S4+. The van der Waals surface area contributed by atoms with E-state index in [9.17, 15) is 19.5 Å². The molecule has 0 spiro atoms. The fourth-order valence-corrected chi connectivity index (χ4v) is 7.43. The van der Waals surface area contributed by atoms with Gasteiger partial charge in [0.2, 0.25) is 10.1 Å². The number of hydrogen-bond acceptors (Lipinski definition) is 11. The minimum atomic E-state index is -1.18. The number of rotatable bonds is 9. The summed E-state index contributed by atoms with van der Waals surface area (Å²) in [6.07, 6.45) is 1.99. The third-order valence-electron chi connectivity index (χ3n) is 5.50. The molecule has 2 aromatic heterocycles. The van der Waals surface area contributed by atoms with Gasteiger partial charge in [-0.3, -0.25) is 14.5 Å². The summed E-state index contributed by atoms with van der Waals surface area (Å²) in [7, 11) is 3.25. The van der Waals surface area contributed by atoms with Gasteiger partial charge in [-0.1, -0.05) is 28.7 Å². The number of amides is 2. The van der Waals surface area contributed by atoms with Gasteiger partial charge in [-0.2, -0.15) is 4.57 Å². The van der Waals surface area contributed by atoms with Gasteiger partial charge in [-0.25, -0.2) is 9.78 Å². The predicted molar refractivity (Wildman–Crippen MR) is 140 cm³/mol. The van der Waals surface area contributed by atoms with Crippen molar-refractivity contribution in [2.75, 3.05) is 30.6 Å². The monoisotopic (exact) mass is 567 g/mol. The van der Waals surface area contributed by atoms with E-state index >= 15 is 0 Å². The number of nitrogens with zero attached hydrogens (tertiary/aromatic N) is 4. The molecule has 190 valence electrons. The smallest absolute Gasteiger partial charge is 0.353 e. The van der Waals surface area contributed by atoms with Crippen molar-refractivity contribution in [1.29, 1.82) is 0 Å². The Kier molecular flexibility index (Phi) is 8.12. The first-order valence-electron chi connectivity index (χ1n) is 10.5. The number of anilines is 1. The molecule has 4 rings (SSSR count). The van der Waals surface area contributed by atoms with Gasteiger partial charge in [0.25, 0.3) is 11.8 Å². The lowest BCUT2D eigenvalue weighted by molar-refractivity contribution is -0.744. The van der Waals surface area contributed by atoms with Crippen LogP contribution in [-0.4, -0.2) is 75.4 Å². The molecule has 2 aliphatic rings. The van der Waals surface area contributed by atoms with E-state index in [-0.39, 0.29) is 22.2 Å². The Labute approximate surface area is 223 Å². The number of carboxylic acids is 1.